The topological polar surface area (TPSA) is 188 Å². The van der Waals surface area contributed by atoms with Crippen LogP contribution in [-0.2, 0) is 33.5 Å². The Hall–Kier alpha value is -4.37. The summed E-state index contributed by atoms with van der Waals surface area (Å²) in [5.41, 5.74) is 3.26. The van der Waals surface area contributed by atoms with E-state index in [1.54, 1.807) is 17.6 Å². The summed E-state index contributed by atoms with van der Waals surface area (Å²) in [5.74, 6) is -3.22. The molecule has 0 saturated carbocycles. The third-order valence-electron chi connectivity index (χ3n) is 8.03. The molecule has 14 nitrogen and oxygen atoms in total. The molecule has 2 saturated heterocycles. The Balaban J connectivity index is 1.64. The van der Waals surface area contributed by atoms with E-state index in [9.17, 15) is 28.8 Å². The van der Waals surface area contributed by atoms with Gasteiger partial charge in [-0.3, -0.25) is 28.8 Å². The molecule has 47 heavy (non-hydrogen) atoms. The number of fused-ring (bicyclic) bond motifs is 1. The lowest BCUT2D eigenvalue weighted by Gasteiger charge is -2.35. The van der Waals surface area contributed by atoms with Gasteiger partial charge in [-0.2, -0.15) is 0 Å². The zero-order valence-corrected chi connectivity index (χ0v) is 28.1. The summed E-state index contributed by atoms with van der Waals surface area (Å²) in [4.78, 5) is 85.9. The first-order valence-electron chi connectivity index (χ1n) is 15.6. The highest BCUT2D eigenvalue weighted by Gasteiger charge is 2.42. The van der Waals surface area contributed by atoms with Crippen LogP contribution in [0.3, 0.4) is 0 Å². The average Bonchev–Trinajstić information content (AvgIpc) is 3.69. The Labute approximate surface area is 277 Å². The molecule has 2 fully saturated rings. The van der Waals surface area contributed by atoms with Gasteiger partial charge in [-0.1, -0.05) is 45.0 Å². The second-order valence-electron chi connectivity index (χ2n) is 12.7. The molecule has 4 atom stereocenters. The molecule has 1 aromatic carbocycles. The number of thiazole rings is 1. The maximum Gasteiger partial charge on any atom is 0.247 e. The largest absolute Gasteiger partial charge is 0.370 e. The van der Waals surface area contributed by atoms with Crippen LogP contribution in [0.1, 0.15) is 57.8 Å². The predicted molar refractivity (Wildman–Crippen MR) is 174 cm³/mol. The minimum atomic E-state index is -1.21. The molecule has 0 bridgehead atoms. The van der Waals surface area contributed by atoms with Crippen molar-refractivity contribution >= 4 is 46.8 Å². The van der Waals surface area contributed by atoms with Gasteiger partial charge in [0.15, 0.2) is 0 Å². The zero-order valence-electron chi connectivity index (χ0n) is 27.3. The van der Waals surface area contributed by atoms with E-state index in [0.29, 0.717) is 24.9 Å². The van der Waals surface area contributed by atoms with Gasteiger partial charge in [-0.25, -0.2) is 4.98 Å². The van der Waals surface area contributed by atoms with Gasteiger partial charge in [-0.15, -0.1) is 11.3 Å². The van der Waals surface area contributed by atoms with Crippen LogP contribution < -0.4 is 26.6 Å². The van der Waals surface area contributed by atoms with Crippen molar-refractivity contribution in [1.82, 2.24) is 36.5 Å². The molecule has 0 radical (unpaired) electrons. The fraction of sp³-hybridized carbons (Fsp3) is 0.531. The number of rotatable bonds is 2. The van der Waals surface area contributed by atoms with Crippen LogP contribution in [-0.4, -0.2) is 96.3 Å². The van der Waals surface area contributed by atoms with Crippen molar-refractivity contribution in [2.24, 2.45) is 5.41 Å². The number of aromatic nitrogens is 1. The van der Waals surface area contributed by atoms with Gasteiger partial charge in [0.25, 0.3) is 0 Å². The highest BCUT2D eigenvalue weighted by atomic mass is 32.1. The molecule has 6 amide bonds. The van der Waals surface area contributed by atoms with Gasteiger partial charge in [0, 0.05) is 13.1 Å². The molecule has 15 heteroatoms. The number of ether oxygens (including phenoxy) is 1. The number of hydrogen-bond donors (Lipinski definition) is 5. The van der Waals surface area contributed by atoms with Crippen LogP contribution in [0.4, 0.5) is 0 Å². The SMILES string of the molecule is Cc1ncsc1-c1ccc([C@@H]2NC(=O)[C@@H]3CCCN3C(=O)[C@H](C(C)(C)C)NC(=O)COCCNC(=O)CNC(=O)[C@H](C)NC2=O)cc1. The molecule has 254 valence electrons. The Bertz CT molecular complexity index is 1490. The predicted octanol–water partition coefficient (Wildman–Crippen LogP) is 0.565. The Morgan fingerprint density at radius 3 is 2.30 bits per heavy atom. The van der Waals surface area contributed by atoms with Crippen molar-refractivity contribution < 1.29 is 33.5 Å². The molecule has 2 aliphatic rings. The number of amides is 6. The van der Waals surface area contributed by atoms with Crippen LogP contribution in [0.25, 0.3) is 10.4 Å². The number of aryl methyl sites for hydroxylation is 1. The molecule has 5 N–H and O–H groups in total. The van der Waals surface area contributed by atoms with Crippen molar-refractivity contribution in [3.8, 4) is 10.4 Å². The Kier molecular flexibility index (Phi) is 11.7. The summed E-state index contributed by atoms with van der Waals surface area (Å²) in [6.07, 6.45) is 0.920. The molecule has 0 unspecified atom stereocenters. The second-order valence-corrected chi connectivity index (χ2v) is 13.6. The number of carbonyl (C=O) groups is 6. The Morgan fingerprint density at radius 1 is 0.915 bits per heavy atom. The van der Waals surface area contributed by atoms with Crippen molar-refractivity contribution in [2.45, 2.75) is 71.6 Å². The smallest absolute Gasteiger partial charge is 0.247 e. The summed E-state index contributed by atoms with van der Waals surface area (Å²) in [6.45, 7) is 8.53. The molecule has 2 aliphatic heterocycles. The van der Waals surface area contributed by atoms with Crippen LogP contribution in [0.5, 0.6) is 0 Å². The minimum Gasteiger partial charge on any atom is -0.370 e. The number of carbonyl (C=O) groups excluding carboxylic acids is 6. The van der Waals surface area contributed by atoms with Gasteiger partial charge < -0.3 is 36.2 Å². The van der Waals surface area contributed by atoms with E-state index < -0.39 is 65.0 Å². The molecule has 0 aliphatic carbocycles. The van der Waals surface area contributed by atoms with E-state index in [-0.39, 0.29) is 26.3 Å². The zero-order chi connectivity index (χ0) is 34.3. The number of nitrogens with one attached hydrogen (secondary N) is 5. The number of benzene rings is 1. The van der Waals surface area contributed by atoms with Crippen LogP contribution in [0.15, 0.2) is 29.8 Å². The summed E-state index contributed by atoms with van der Waals surface area (Å²) < 4.78 is 5.38. The standard InChI is InChI=1S/C32H43N7O7S/c1-18-26(47-17-35-18)21-10-8-20(9-11-21)25-30(44)36-19(2)28(42)34-15-23(40)33-12-14-46-16-24(41)37-27(32(3,4)5)31(45)39-13-6-7-22(39)29(43)38-25/h8-11,17,19,22,25,27H,6-7,12-16H2,1-5H3,(H,33,40)(H,34,42)(H,36,44)(H,37,41)(H,38,43)/t19-,22-,25-,27+/m0/s1. The number of hydrogen-bond acceptors (Lipinski definition) is 9. The van der Waals surface area contributed by atoms with Gasteiger partial charge in [0.1, 0.15) is 30.8 Å². The van der Waals surface area contributed by atoms with Crippen molar-refractivity contribution in [1.29, 1.82) is 0 Å². The van der Waals surface area contributed by atoms with Crippen LogP contribution in [0.2, 0.25) is 0 Å². The first kappa shape index (κ1) is 35.5. The minimum absolute atomic E-state index is 0.0221. The first-order chi connectivity index (χ1) is 22.3. The summed E-state index contributed by atoms with van der Waals surface area (Å²) >= 11 is 1.48. The van der Waals surface area contributed by atoms with Gasteiger partial charge >= 0.3 is 0 Å². The lowest BCUT2D eigenvalue weighted by Crippen LogP contribution is -2.58. The third-order valence-corrected chi connectivity index (χ3v) is 9.01. The maximum absolute atomic E-state index is 13.9. The van der Waals surface area contributed by atoms with Crippen LogP contribution in [0, 0.1) is 12.3 Å². The van der Waals surface area contributed by atoms with E-state index in [1.807, 2.05) is 39.8 Å². The first-order valence-corrected chi connectivity index (χ1v) is 16.5. The van der Waals surface area contributed by atoms with Crippen molar-refractivity contribution in [3.63, 3.8) is 0 Å². The molecule has 1 aromatic heterocycles. The lowest BCUT2D eigenvalue weighted by molar-refractivity contribution is -0.145. The summed E-state index contributed by atoms with van der Waals surface area (Å²) in [6, 6.07) is 3.01. The highest BCUT2D eigenvalue weighted by molar-refractivity contribution is 7.13. The quantitative estimate of drug-likeness (QED) is 0.307. The van der Waals surface area contributed by atoms with Crippen LogP contribution >= 0.6 is 11.3 Å². The third kappa shape index (κ3) is 9.13. The molecule has 0 spiro atoms. The molecule has 4 rings (SSSR count). The van der Waals surface area contributed by atoms with Crippen molar-refractivity contribution in [2.75, 3.05) is 32.8 Å². The van der Waals surface area contributed by atoms with E-state index in [1.165, 1.54) is 23.2 Å². The molecular formula is C32H43N7O7S. The highest BCUT2D eigenvalue weighted by Crippen LogP contribution is 2.29. The maximum atomic E-state index is 13.9. The van der Waals surface area contributed by atoms with E-state index in [4.69, 9.17) is 4.74 Å². The summed E-state index contributed by atoms with van der Waals surface area (Å²) in [7, 11) is 0. The Morgan fingerprint density at radius 2 is 1.64 bits per heavy atom. The van der Waals surface area contributed by atoms with Gasteiger partial charge in [-0.05, 0) is 43.2 Å². The van der Waals surface area contributed by atoms with Gasteiger partial charge in [0.2, 0.25) is 35.4 Å². The fourth-order valence-electron chi connectivity index (χ4n) is 5.44. The molecular weight excluding hydrogens is 626 g/mol. The second kappa shape index (κ2) is 15.5. The lowest BCUT2D eigenvalue weighted by atomic mass is 9.85. The normalized spacial score (nSPS) is 24.7. The molecule has 2 aromatic rings. The fourth-order valence-corrected chi connectivity index (χ4v) is 6.25. The molecule has 3 heterocycles. The van der Waals surface area contributed by atoms with Crippen molar-refractivity contribution in [3.05, 3.63) is 41.0 Å². The monoisotopic (exact) mass is 669 g/mol. The van der Waals surface area contributed by atoms with E-state index in [2.05, 4.69) is 31.6 Å². The average molecular weight is 670 g/mol. The van der Waals surface area contributed by atoms with Gasteiger partial charge in [0.05, 0.1) is 29.2 Å². The number of nitrogens with zero attached hydrogens (tertiary/aromatic N) is 2. The van der Waals surface area contributed by atoms with E-state index >= 15 is 0 Å². The van der Waals surface area contributed by atoms with E-state index in [0.717, 1.165) is 16.1 Å². The summed E-state index contributed by atoms with van der Waals surface area (Å²) in [5, 5.41) is 13.3.